The average molecular weight is 544 g/mol. The van der Waals surface area contributed by atoms with Crippen LogP contribution in [0.25, 0.3) is 11.0 Å². The third kappa shape index (κ3) is 6.79. The molecule has 0 aliphatic carbocycles. The Hall–Kier alpha value is -3.24. The van der Waals surface area contributed by atoms with Crippen LogP contribution in [0.15, 0.2) is 36.7 Å². The summed E-state index contributed by atoms with van der Waals surface area (Å²) in [5.74, 6) is 0.841. The summed E-state index contributed by atoms with van der Waals surface area (Å²) in [6, 6.07) is 7.41. The number of aromatic carboxylic acids is 1. The van der Waals surface area contributed by atoms with Crippen LogP contribution in [-0.4, -0.2) is 74.9 Å². The maximum atomic E-state index is 12.6. The molecule has 4 rings (SSSR count). The summed E-state index contributed by atoms with van der Waals surface area (Å²) in [6.45, 7) is 7.34. The minimum Gasteiger partial charge on any atom is -0.478 e. The first-order valence-electron chi connectivity index (χ1n) is 12.5. The molecule has 0 atom stereocenters. The maximum Gasteiger partial charge on any atom is 0.410 e. The molecule has 0 radical (unpaired) electrons. The molecule has 206 valence electrons. The molecule has 0 saturated heterocycles. The lowest BCUT2D eigenvalue weighted by atomic mass is 10.00. The van der Waals surface area contributed by atoms with Crippen LogP contribution in [-0.2, 0) is 29.2 Å². The van der Waals surface area contributed by atoms with Crippen LogP contribution >= 0.6 is 10.0 Å². The van der Waals surface area contributed by atoms with E-state index in [1.54, 1.807) is 27.9 Å². The second-order valence-electron chi connectivity index (χ2n) is 11.3. The Bertz CT molecular complexity index is 1340. The zero-order valence-corrected chi connectivity index (χ0v) is 23.8. The number of rotatable bonds is 8. The van der Waals surface area contributed by atoms with Gasteiger partial charge in [-0.3, -0.25) is 0 Å². The molecule has 1 aliphatic heterocycles. The molecule has 1 amide bonds. The number of nitrogens with zero attached hydrogens (tertiary/aromatic N) is 3. The van der Waals surface area contributed by atoms with Crippen molar-refractivity contribution in [3.05, 3.63) is 53.3 Å². The fraction of sp³-hybridized carbons (Fsp3) is 0.464. The van der Waals surface area contributed by atoms with Gasteiger partial charge in [0.15, 0.2) is 0 Å². The topological polar surface area (TPSA) is 103 Å². The zero-order chi connectivity index (χ0) is 27.7. The number of ether oxygens (including phenoxy) is 3. The lowest BCUT2D eigenvalue weighted by Crippen LogP contribution is -2.39. The highest BCUT2D eigenvalue weighted by Crippen LogP contribution is 2.35. The molecule has 1 N–H and O–H groups in total. The normalized spacial score (nSPS) is 14.3. The van der Waals surface area contributed by atoms with Crippen molar-refractivity contribution in [2.24, 2.45) is 0 Å². The Balaban J connectivity index is 1.57. The van der Waals surface area contributed by atoms with E-state index in [4.69, 9.17) is 14.2 Å². The van der Waals surface area contributed by atoms with Crippen molar-refractivity contribution in [1.29, 1.82) is 0 Å². The van der Waals surface area contributed by atoms with E-state index in [9.17, 15) is 14.7 Å². The van der Waals surface area contributed by atoms with E-state index in [0.29, 0.717) is 42.2 Å². The molecule has 9 nitrogen and oxygen atoms in total. The van der Waals surface area contributed by atoms with Crippen LogP contribution < -0.4 is 4.74 Å². The van der Waals surface area contributed by atoms with Crippen LogP contribution in [0, 0.1) is 0 Å². The lowest BCUT2D eigenvalue weighted by molar-refractivity contribution is 0.0223. The first kappa shape index (κ1) is 27.8. The molecule has 3 aromatic rings. The quantitative estimate of drug-likeness (QED) is 0.375. The summed E-state index contributed by atoms with van der Waals surface area (Å²) in [4.78, 5) is 30.8. The minimum atomic E-state index is -1.07. The van der Waals surface area contributed by atoms with Crippen LogP contribution in [0.4, 0.5) is 4.79 Å². The van der Waals surface area contributed by atoms with E-state index >= 15 is 0 Å². The van der Waals surface area contributed by atoms with Gasteiger partial charge < -0.3 is 28.8 Å². The van der Waals surface area contributed by atoms with E-state index < -0.39 is 21.6 Å². The summed E-state index contributed by atoms with van der Waals surface area (Å²) in [5.41, 5.74) is 2.13. The SMILES string of the molecule is CC(C)(C)OC(=O)N1CCc2ccc(Oc3ccnc4c3c(C(=O)O)cn4COCCS(C)(C)C)cc2C1. The number of carboxylic acids is 1. The highest BCUT2D eigenvalue weighted by molar-refractivity contribution is 8.32. The molecule has 3 heterocycles. The summed E-state index contributed by atoms with van der Waals surface area (Å²) >= 11 is 0. The molecule has 0 spiro atoms. The van der Waals surface area contributed by atoms with Crippen molar-refractivity contribution in [3.63, 3.8) is 0 Å². The van der Waals surface area contributed by atoms with Crippen molar-refractivity contribution in [1.82, 2.24) is 14.5 Å². The Morgan fingerprint density at radius 3 is 2.58 bits per heavy atom. The van der Waals surface area contributed by atoms with Crippen LogP contribution in [0.5, 0.6) is 11.5 Å². The third-order valence-electron chi connectivity index (χ3n) is 6.09. The van der Waals surface area contributed by atoms with Gasteiger partial charge in [-0.15, -0.1) is 0 Å². The van der Waals surface area contributed by atoms with Gasteiger partial charge in [0.2, 0.25) is 0 Å². The zero-order valence-electron chi connectivity index (χ0n) is 22.9. The first-order chi connectivity index (χ1) is 17.8. The highest BCUT2D eigenvalue weighted by Gasteiger charge is 2.26. The fourth-order valence-corrected chi connectivity index (χ4v) is 4.83. The largest absolute Gasteiger partial charge is 0.478 e. The van der Waals surface area contributed by atoms with E-state index in [2.05, 4.69) is 23.8 Å². The molecule has 0 saturated carbocycles. The van der Waals surface area contributed by atoms with Gasteiger partial charge in [0.05, 0.1) is 17.6 Å². The predicted molar refractivity (Wildman–Crippen MR) is 150 cm³/mol. The second-order valence-corrected chi connectivity index (χ2v) is 15.9. The molecule has 38 heavy (non-hydrogen) atoms. The Morgan fingerprint density at radius 2 is 1.89 bits per heavy atom. The van der Waals surface area contributed by atoms with Gasteiger partial charge in [-0.05, 0) is 75.3 Å². The van der Waals surface area contributed by atoms with Crippen LogP contribution in [0.2, 0.25) is 0 Å². The van der Waals surface area contributed by atoms with Crippen molar-refractivity contribution in [3.8, 4) is 11.5 Å². The smallest absolute Gasteiger partial charge is 0.410 e. The van der Waals surface area contributed by atoms with E-state index in [-0.39, 0.29) is 18.4 Å². The number of benzene rings is 1. The first-order valence-corrected chi connectivity index (χ1v) is 15.6. The standard InChI is InChI=1S/C28H37N3O6S/c1-28(2,3)37-27(34)30-12-10-19-7-8-21(15-20(19)16-30)36-23-9-11-29-25-24(23)22(26(32)33)17-31(25)18-35-13-14-38(4,5)6/h7-9,11,15,17H,10,12-14,16,18H2,1-6H3,(H,32,33). The number of pyridine rings is 1. The van der Waals surface area contributed by atoms with Crippen molar-refractivity contribution < 1.29 is 28.9 Å². The summed E-state index contributed by atoms with van der Waals surface area (Å²) in [5, 5.41) is 10.3. The van der Waals surface area contributed by atoms with Gasteiger partial charge >= 0.3 is 12.1 Å². The highest BCUT2D eigenvalue weighted by atomic mass is 32.3. The monoisotopic (exact) mass is 543 g/mol. The molecule has 2 aromatic heterocycles. The minimum absolute atomic E-state index is 0.0993. The number of hydrogen-bond donors (Lipinski definition) is 1. The van der Waals surface area contributed by atoms with E-state index in [1.165, 1.54) is 0 Å². The molecule has 0 unspecified atom stereocenters. The van der Waals surface area contributed by atoms with Crippen LogP contribution in [0.1, 0.15) is 42.3 Å². The summed E-state index contributed by atoms with van der Waals surface area (Å²) in [6.07, 6.45) is 10.2. The Morgan fingerprint density at radius 1 is 1.13 bits per heavy atom. The van der Waals surface area contributed by atoms with E-state index in [1.807, 2.05) is 39.0 Å². The predicted octanol–water partition coefficient (Wildman–Crippen LogP) is 5.49. The summed E-state index contributed by atoms with van der Waals surface area (Å²) in [7, 11) is -0.687. The van der Waals surface area contributed by atoms with Gasteiger partial charge in [0, 0.05) is 31.2 Å². The molecule has 10 heteroatoms. The van der Waals surface area contributed by atoms with Crippen LogP contribution in [0.3, 0.4) is 0 Å². The maximum absolute atomic E-state index is 12.6. The molecule has 0 fully saturated rings. The Labute approximate surface area is 225 Å². The molecule has 1 aromatic carbocycles. The summed E-state index contributed by atoms with van der Waals surface area (Å²) < 4.78 is 19.3. The number of fused-ring (bicyclic) bond motifs is 2. The van der Waals surface area contributed by atoms with E-state index in [0.717, 1.165) is 23.3 Å². The second kappa shape index (κ2) is 10.9. The van der Waals surface area contributed by atoms with Gasteiger partial charge in [0.25, 0.3) is 0 Å². The molecular formula is C28H37N3O6S. The molecular weight excluding hydrogens is 506 g/mol. The number of carboxylic acid groups (broad SMARTS) is 1. The molecule has 1 aliphatic rings. The average Bonchev–Trinajstić information content (AvgIpc) is 3.20. The van der Waals surface area contributed by atoms with Gasteiger partial charge in [-0.1, -0.05) is 6.07 Å². The number of hydrogen-bond acceptors (Lipinski definition) is 6. The Kier molecular flexibility index (Phi) is 7.94. The fourth-order valence-electron chi connectivity index (χ4n) is 4.21. The van der Waals surface area contributed by atoms with Gasteiger partial charge in [0.1, 0.15) is 29.5 Å². The molecule has 0 bridgehead atoms. The van der Waals surface area contributed by atoms with Crippen molar-refractivity contribution >= 4 is 33.1 Å². The number of carbonyl (C=O) groups excluding carboxylic acids is 1. The lowest BCUT2D eigenvalue weighted by Gasteiger charge is -2.31. The number of amides is 1. The third-order valence-corrected chi connectivity index (χ3v) is 7.48. The number of carbonyl (C=O) groups is 2. The van der Waals surface area contributed by atoms with Crippen molar-refractivity contribution in [2.75, 3.05) is 37.7 Å². The number of aromatic nitrogens is 2. The van der Waals surface area contributed by atoms with Crippen molar-refractivity contribution in [2.45, 2.75) is 46.1 Å². The van der Waals surface area contributed by atoms with Gasteiger partial charge in [-0.25, -0.2) is 24.6 Å². The van der Waals surface area contributed by atoms with Gasteiger partial charge in [-0.2, -0.15) is 0 Å².